The quantitative estimate of drug-likeness (QED) is 0.0529. The summed E-state index contributed by atoms with van der Waals surface area (Å²) in [5.41, 5.74) is 0. The lowest BCUT2D eigenvalue weighted by molar-refractivity contribution is -0.351. The summed E-state index contributed by atoms with van der Waals surface area (Å²) < 4.78 is 5.32. The van der Waals surface area contributed by atoms with Gasteiger partial charge >= 0.3 is 0 Å². The molecule has 1 fully saturated rings. The van der Waals surface area contributed by atoms with Crippen molar-refractivity contribution in [1.29, 1.82) is 0 Å². The number of aliphatic hydroxyl groups is 5. The first-order valence-electron chi connectivity index (χ1n) is 18.5. The Labute approximate surface area is 260 Å². The minimum Gasteiger partial charge on any atom is -0.394 e. The highest BCUT2D eigenvalue weighted by atomic mass is 16.7. The van der Waals surface area contributed by atoms with Crippen LogP contribution in [0.15, 0.2) is 0 Å². The van der Waals surface area contributed by atoms with E-state index >= 15 is 0 Å². The first kappa shape index (κ1) is 39.8. The van der Waals surface area contributed by atoms with Gasteiger partial charge in [0, 0.05) is 6.42 Å². The van der Waals surface area contributed by atoms with Crippen LogP contribution in [0.25, 0.3) is 0 Å². The molecule has 0 aromatic rings. The second-order valence-electron chi connectivity index (χ2n) is 13.4. The van der Waals surface area contributed by atoms with Crippen molar-refractivity contribution < 1.29 is 30.3 Å². The first-order chi connectivity index (χ1) is 20.5. The molecule has 0 spiro atoms. The molecule has 1 heterocycles. The van der Waals surface area contributed by atoms with Crippen molar-refractivity contribution in [3.8, 4) is 0 Å². The van der Waals surface area contributed by atoms with E-state index < -0.39 is 36.8 Å². The van der Waals surface area contributed by atoms with Crippen LogP contribution in [0.5, 0.6) is 0 Å². The molecular weight excluding hydrogens is 528 g/mol. The Morgan fingerprint density at radius 2 is 0.738 bits per heavy atom. The summed E-state index contributed by atoms with van der Waals surface area (Å²) in [5.74, 6) is -1.92. The van der Waals surface area contributed by atoms with Crippen LogP contribution in [-0.2, 0) is 4.74 Å². The lowest BCUT2D eigenvalue weighted by atomic mass is 9.89. The summed E-state index contributed by atoms with van der Waals surface area (Å²) >= 11 is 0. The van der Waals surface area contributed by atoms with Crippen LogP contribution in [0.4, 0.5) is 0 Å². The zero-order chi connectivity index (χ0) is 30.7. The molecule has 1 aliphatic heterocycles. The average molecular weight is 601 g/mol. The normalized spacial score (nSPS) is 24.4. The van der Waals surface area contributed by atoms with E-state index in [1.165, 1.54) is 161 Å². The molecule has 1 rings (SSSR count). The van der Waals surface area contributed by atoms with E-state index in [1.54, 1.807) is 0 Å². The molecule has 0 aromatic heterocycles. The van der Waals surface area contributed by atoms with Crippen molar-refractivity contribution in [2.75, 3.05) is 6.61 Å². The van der Waals surface area contributed by atoms with Gasteiger partial charge in [-0.2, -0.15) is 0 Å². The molecule has 252 valence electrons. The van der Waals surface area contributed by atoms with Crippen LogP contribution >= 0.6 is 0 Å². The molecule has 1 aliphatic rings. The van der Waals surface area contributed by atoms with Gasteiger partial charge in [-0.1, -0.05) is 180 Å². The molecule has 1 saturated heterocycles. The summed E-state index contributed by atoms with van der Waals surface area (Å²) in [6.45, 7) is 1.77. The van der Waals surface area contributed by atoms with Crippen molar-refractivity contribution in [3.63, 3.8) is 0 Å². The summed E-state index contributed by atoms with van der Waals surface area (Å²) in [6, 6.07) is 0. The van der Waals surface area contributed by atoms with Gasteiger partial charge in [-0.15, -0.1) is 0 Å². The van der Waals surface area contributed by atoms with Gasteiger partial charge in [-0.05, 0) is 6.42 Å². The maximum atomic E-state index is 10.6. The fourth-order valence-electron chi connectivity index (χ4n) is 6.47. The fraction of sp³-hybridized carbons (Fsp3) is 1.00. The molecule has 0 aliphatic carbocycles. The standard InChI is InChI=1S/C36H72O6/c1-2-3-4-5-6-7-8-9-10-11-12-13-14-15-16-17-18-19-20-21-22-23-24-25-26-27-28-29-30-36(41)35(40)34(39)33(38)32(31-37)42-36/h32-35,37-41H,2-31H2,1H3/t32-,33-,34+,35-,36+/m1/s1. The summed E-state index contributed by atoms with van der Waals surface area (Å²) in [4.78, 5) is 0. The maximum Gasteiger partial charge on any atom is 0.195 e. The second kappa shape index (κ2) is 27.1. The number of unbranched alkanes of at least 4 members (excludes halogenated alkanes) is 27. The Morgan fingerprint density at radius 1 is 0.452 bits per heavy atom. The predicted molar refractivity (Wildman–Crippen MR) is 174 cm³/mol. The molecule has 0 saturated carbocycles. The monoisotopic (exact) mass is 601 g/mol. The van der Waals surface area contributed by atoms with E-state index in [9.17, 15) is 25.5 Å². The van der Waals surface area contributed by atoms with Crippen molar-refractivity contribution in [1.82, 2.24) is 0 Å². The highest BCUT2D eigenvalue weighted by Gasteiger charge is 2.51. The van der Waals surface area contributed by atoms with Gasteiger partial charge in [-0.3, -0.25) is 0 Å². The van der Waals surface area contributed by atoms with Gasteiger partial charge in [0.1, 0.15) is 24.4 Å². The smallest absolute Gasteiger partial charge is 0.195 e. The molecule has 0 bridgehead atoms. The van der Waals surface area contributed by atoms with Crippen molar-refractivity contribution in [2.45, 2.75) is 223 Å². The summed E-state index contributed by atoms with van der Waals surface area (Å²) in [5, 5.41) is 49.7. The van der Waals surface area contributed by atoms with E-state index in [4.69, 9.17) is 4.74 Å². The van der Waals surface area contributed by atoms with Crippen LogP contribution in [0.2, 0.25) is 0 Å². The SMILES string of the molecule is CCCCCCCCCCCCCCCCCCCCCCCCCCCCCC[C@]1(O)O[C@H](CO)[C@@H](O)[C@H](O)[C@H]1O. The molecule has 42 heavy (non-hydrogen) atoms. The van der Waals surface area contributed by atoms with E-state index in [0.29, 0.717) is 6.42 Å². The average Bonchev–Trinajstić information content (AvgIpc) is 2.99. The second-order valence-corrected chi connectivity index (χ2v) is 13.4. The molecule has 0 aromatic carbocycles. The van der Waals surface area contributed by atoms with Gasteiger partial charge in [0.15, 0.2) is 5.79 Å². The van der Waals surface area contributed by atoms with Gasteiger partial charge in [-0.25, -0.2) is 0 Å². The van der Waals surface area contributed by atoms with Crippen LogP contribution < -0.4 is 0 Å². The van der Waals surface area contributed by atoms with Gasteiger partial charge in [0.25, 0.3) is 0 Å². The van der Waals surface area contributed by atoms with Gasteiger partial charge < -0.3 is 30.3 Å². The number of aliphatic hydroxyl groups excluding tert-OH is 4. The Kier molecular flexibility index (Phi) is 25.7. The van der Waals surface area contributed by atoms with E-state index in [0.717, 1.165) is 12.8 Å². The number of ether oxygens (including phenoxy) is 1. The first-order valence-corrected chi connectivity index (χ1v) is 18.5. The predicted octanol–water partition coefficient (Wildman–Crippen LogP) is 8.48. The highest BCUT2D eigenvalue weighted by Crippen LogP contribution is 2.32. The molecule has 5 N–H and O–H groups in total. The van der Waals surface area contributed by atoms with Gasteiger partial charge in [0.05, 0.1) is 6.61 Å². The van der Waals surface area contributed by atoms with E-state index in [2.05, 4.69) is 6.92 Å². The Balaban J connectivity index is 1.76. The minimum atomic E-state index is -1.92. The lowest BCUT2D eigenvalue weighted by Gasteiger charge is -2.45. The number of hydrogen-bond donors (Lipinski definition) is 5. The molecule has 0 unspecified atom stereocenters. The van der Waals surface area contributed by atoms with E-state index in [-0.39, 0.29) is 6.42 Å². The molecule has 0 radical (unpaired) electrons. The topological polar surface area (TPSA) is 110 Å². The minimum absolute atomic E-state index is 0.174. The summed E-state index contributed by atoms with van der Waals surface area (Å²) in [6.07, 6.45) is 32.2. The third-order valence-corrected chi connectivity index (χ3v) is 9.44. The maximum absolute atomic E-state index is 10.6. The van der Waals surface area contributed by atoms with Crippen LogP contribution in [0.1, 0.15) is 193 Å². The third-order valence-electron chi connectivity index (χ3n) is 9.44. The third kappa shape index (κ3) is 19.2. The Hall–Kier alpha value is -0.240. The fourth-order valence-corrected chi connectivity index (χ4v) is 6.47. The Morgan fingerprint density at radius 3 is 1.02 bits per heavy atom. The molecular formula is C36H72O6. The summed E-state index contributed by atoms with van der Waals surface area (Å²) in [7, 11) is 0. The highest BCUT2D eigenvalue weighted by molar-refractivity contribution is 4.95. The molecule has 5 atom stereocenters. The zero-order valence-corrected chi connectivity index (χ0v) is 27.7. The van der Waals surface area contributed by atoms with E-state index in [1.807, 2.05) is 0 Å². The van der Waals surface area contributed by atoms with Crippen molar-refractivity contribution >= 4 is 0 Å². The lowest BCUT2D eigenvalue weighted by Crippen LogP contribution is -2.65. The molecule has 0 amide bonds. The van der Waals surface area contributed by atoms with Crippen LogP contribution in [-0.4, -0.2) is 62.3 Å². The largest absolute Gasteiger partial charge is 0.394 e. The Bertz CT molecular complexity index is 573. The molecule has 6 heteroatoms. The molecule has 6 nitrogen and oxygen atoms in total. The van der Waals surface area contributed by atoms with Gasteiger partial charge in [0.2, 0.25) is 0 Å². The van der Waals surface area contributed by atoms with Crippen molar-refractivity contribution in [3.05, 3.63) is 0 Å². The number of rotatable bonds is 30. The zero-order valence-electron chi connectivity index (χ0n) is 27.7. The van der Waals surface area contributed by atoms with Crippen LogP contribution in [0, 0.1) is 0 Å². The van der Waals surface area contributed by atoms with Crippen molar-refractivity contribution in [2.24, 2.45) is 0 Å². The number of hydrogen-bond acceptors (Lipinski definition) is 6. The van der Waals surface area contributed by atoms with Crippen LogP contribution in [0.3, 0.4) is 0 Å².